The molecule has 2 heterocycles. The van der Waals surface area contributed by atoms with Crippen LogP contribution in [0.25, 0.3) is 0 Å². The van der Waals surface area contributed by atoms with Gasteiger partial charge in [-0.05, 0) is 12.8 Å². The molecule has 0 amide bonds. The van der Waals surface area contributed by atoms with Gasteiger partial charge in [-0.25, -0.2) is 9.36 Å². The Kier molecular flexibility index (Phi) is 5.60. The van der Waals surface area contributed by atoms with Gasteiger partial charge in [-0.2, -0.15) is 4.39 Å². The van der Waals surface area contributed by atoms with Crippen LogP contribution in [0.1, 0.15) is 26.7 Å². The van der Waals surface area contributed by atoms with Crippen LogP contribution in [0, 0.1) is 5.82 Å². The van der Waals surface area contributed by atoms with Crippen LogP contribution in [0.15, 0.2) is 15.8 Å². The molecule has 0 radical (unpaired) electrons. The van der Waals surface area contributed by atoms with Gasteiger partial charge in [-0.1, -0.05) is 13.8 Å². The summed E-state index contributed by atoms with van der Waals surface area (Å²) in [6.07, 6.45) is -2.92. The van der Waals surface area contributed by atoms with Gasteiger partial charge in [0.25, 0.3) is 5.56 Å². The van der Waals surface area contributed by atoms with E-state index in [1.807, 2.05) is 0 Å². The number of halogens is 1. The molecular weight excluding hydrogens is 378 g/mol. The van der Waals surface area contributed by atoms with Crippen LogP contribution in [0.2, 0.25) is 0 Å². The van der Waals surface area contributed by atoms with Crippen LogP contribution >= 0.6 is 7.82 Å². The van der Waals surface area contributed by atoms with Gasteiger partial charge in [0.2, 0.25) is 5.82 Å². The molecule has 1 aromatic heterocycles. The summed E-state index contributed by atoms with van der Waals surface area (Å²) in [7, 11) is -4.89. The molecule has 0 saturated carbocycles. The van der Waals surface area contributed by atoms with Crippen molar-refractivity contribution in [3.05, 3.63) is 32.9 Å². The fraction of sp³-hybridized carbons (Fsp3) is 0.692. The zero-order valence-electron chi connectivity index (χ0n) is 14.0. The maximum absolute atomic E-state index is 13.7. The number of phosphoric acid groups is 1. The number of ether oxygens (including phenoxy) is 1. The zero-order valence-corrected chi connectivity index (χ0v) is 14.9. The molecule has 0 bridgehead atoms. The second-order valence-electron chi connectivity index (χ2n) is 5.91. The minimum absolute atomic E-state index is 0.147. The van der Waals surface area contributed by atoms with E-state index in [4.69, 9.17) is 14.5 Å². The summed E-state index contributed by atoms with van der Waals surface area (Å²) < 4.78 is 35.2. The van der Waals surface area contributed by atoms with E-state index in [0.29, 0.717) is 10.8 Å². The van der Waals surface area contributed by atoms with E-state index < -0.39 is 55.0 Å². The van der Waals surface area contributed by atoms with E-state index in [1.165, 1.54) is 13.8 Å². The number of hydrogen-bond acceptors (Lipinski definition) is 7. The molecule has 0 spiro atoms. The molecule has 26 heavy (non-hydrogen) atoms. The molecule has 1 aliphatic rings. The van der Waals surface area contributed by atoms with E-state index in [9.17, 15) is 28.8 Å². The second kappa shape index (κ2) is 6.97. The van der Waals surface area contributed by atoms with Gasteiger partial charge in [0.05, 0.1) is 12.8 Å². The van der Waals surface area contributed by atoms with E-state index in [0.717, 1.165) is 0 Å². The molecule has 0 unspecified atom stereocenters. The molecule has 11 nitrogen and oxygen atoms in total. The van der Waals surface area contributed by atoms with Gasteiger partial charge < -0.3 is 24.7 Å². The monoisotopic (exact) mass is 398 g/mol. The Hall–Kier alpha value is -1.40. The van der Waals surface area contributed by atoms with Crippen LogP contribution in [0.4, 0.5) is 4.39 Å². The van der Waals surface area contributed by atoms with E-state index >= 15 is 0 Å². The molecule has 5 N–H and O–H groups in total. The van der Waals surface area contributed by atoms with Crippen LogP contribution in [-0.2, 0) is 19.6 Å². The largest absolute Gasteiger partial charge is 0.469 e. The molecule has 0 aliphatic carbocycles. The van der Waals surface area contributed by atoms with Gasteiger partial charge in [0, 0.05) is 0 Å². The summed E-state index contributed by atoms with van der Waals surface area (Å²) in [5, 5.41) is 21.5. The Morgan fingerprint density at radius 1 is 1.38 bits per heavy atom. The maximum atomic E-state index is 13.7. The second-order valence-corrected chi connectivity index (χ2v) is 7.15. The number of aromatic amines is 1. The summed E-state index contributed by atoms with van der Waals surface area (Å²) in [4.78, 5) is 42.8. The van der Waals surface area contributed by atoms with Crippen molar-refractivity contribution in [1.82, 2.24) is 9.55 Å². The third-order valence-corrected chi connectivity index (χ3v) is 5.06. The average molecular weight is 398 g/mol. The van der Waals surface area contributed by atoms with Crippen molar-refractivity contribution in [2.24, 2.45) is 0 Å². The summed E-state index contributed by atoms with van der Waals surface area (Å²) >= 11 is 0. The highest BCUT2D eigenvalue weighted by Gasteiger charge is 2.65. The number of phosphoric ester groups is 1. The predicted octanol–water partition coefficient (Wildman–Crippen LogP) is -1.25. The predicted molar refractivity (Wildman–Crippen MR) is 83.7 cm³/mol. The highest BCUT2D eigenvalue weighted by Crippen LogP contribution is 2.48. The first-order valence-electron chi connectivity index (χ1n) is 7.72. The van der Waals surface area contributed by atoms with Gasteiger partial charge in [0.15, 0.2) is 5.72 Å². The Balaban J connectivity index is 2.58. The number of aliphatic hydroxyl groups is 2. The van der Waals surface area contributed by atoms with Crippen molar-refractivity contribution in [1.29, 1.82) is 0 Å². The highest BCUT2D eigenvalue weighted by molar-refractivity contribution is 7.46. The Morgan fingerprint density at radius 2 is 2.00 bits per heavy atom. The van der Waals surface area contributed by atoms with E-state index in [1.54, 1.807) is 4.98 Å². The first kappa shape index (κ1) is 20.9. The number of nitrogens with one attached hydrogen (secondary N) is 1. The Labute approximate surface area is 146 Å². The molecule has 1 fully saturated rings. The number of nitrogens with zero attached hydrogens (tertiary/aromatic N) is 1. The quantitative estimate of drug-likeness (QED) is 0.367. The Morgan fingerprint density at radius 3 is 2.50 bits per heavy atom. The number of aromatic nitrogens is 2. The topological polar surface area (TPSA) is 171 Å². The SMILES string of the molecule is CC[C@@]1(O)[C@H](O)[C@@H](COP(=O)(O)O)O[C@@]1(CC)n1cc(F)c(=O)[nH]c1=O. The summed E-state index contributed by atoms with van der Waals surface area (Å²) in [5.41, 5.74) is -6.50. The average Bonchev–Trinajstić information content (AvgIpc) is 2.78. The molecule has 0 aromatic carbocycles. The minimum Gasteiger partial charge on any atom is -0.387 e. The first-order chi connectivity index (χ1) is 11.9. The van der Waals surface area contributed by atoms with Crippen LogP contribution < -0.4 is 11.2 Å². The lowest BCUT2D eigenvalue weighted by Crippen LogP contribution is -2.60. The standard InChI is InChI=1S/C13H20FN2O9P/c1-3-12(20)9(17)8(6-24-26(21,22)23)25-13(12,4-2)16-5-7(14)10(18)15-11(16)19/h5,8-9,17,20H,3-4,6H2,1-2H3,(H,15,18,19)(H2,21,22,23)/t8-,9-,12-,13-/m1/s1. The zero-order chi connectivity index (χ0) is 19.9. The molecule has 1 aliphatic heterocycles. The van der Waals surface area contributed by atoms with Crippen LogP contribution in [0.5, 0.6) is 0 Å². The van der Waals surface area contributed by atoms with Crippen LogP contribution in [0.3, 0.4) is 0 Å². The van der Waals surface area contributed by atoms with Crippen LogP contribution in [-0.4, -0.2) is 54.0 Å². The van der Waals surface area contributed by atoms with Crippen molar-refractivity contribution in [2.45, 2.75) is 50.2 Å². The van der Waals surface area contributed by atoms with Crippen molar-refractivity contribution >= 4 is 7.82 Å². The summed E-state index contributed by atoms with van der Waals surface area (Å²) in [5.74, 6) is -1.32. The van der Waals surface area contributed by atoms with E-state index in [2.05, 4.69) is 4.52 Å². The van der Waals surface area contributed by atoms with Gasteiger partial charge >= 0.3 is 13.5 Å². The lowest BCUT2D eigenvalue weighted by atomic mass is 9.81. The van der Waals surface area contributed by atoms with E-state index in [-0.39, 0.29) is 12.8 Å². The molecule has 2 rings (SSSR count). The minimum atomic E-state index is -4.89. The lowest BCUT2D eigenvalue weighted by molar-refractivity contribution is -0.201. The van der Waals surface area contributed by atoms with Gasteiger partial charge in [-0.15, -0.1) is 0 Å². The first-order valence-corrected chi connectivity index (χ1v) is 9.25. The number of rotatable bonds is 6. The normalized spacial score (nSPS) is 32.1. The maximum Gasteiger partial charge on any atom is 0.469 e. The van der Waals surface area contributed by atoms with Crippen molar-refractivity contribution in [2.75, 3.05) is 6.61 Å². The number of aliphatic hydroxyl groups excluding tert-OH is 1. The third-order valence-electron chi connectivity index (χ3n) is 4.58. The number of hydrogen-bond donors (Lipinski definition) is 5. The Bertz CT molecular complexity index is 836. The fourth-order valence-electron chi connectivity index (χ4n) is 3.28. The molecule has 1 aromatic rings. The molecule has 4 atom stereocenters. The van der Waals surface area contributed by atoms with Gasteiger partial charge in [0.1, 0.15) is 17.8 Å². The third kappa shape index (κ3) is 3.29. The lowest BCUT2D eigenvalue weighted by Gasteiger charge is -2.41. The molecular formula is C13H20FN2O9P. The number of H-pyrrole nitrogens is 1. The van der Waals surface area contributed by atoms with Crippen molar-refractivity contribution < 1.29 is 38.2 Å². The van der Waals surface area contributed by atoms with Gasteiger partial charge in [-0.3, -0.25) is 18.9 Å². The smallest absolute Gasteiger partial charge is 0.387 e. The molecule has 1 saturated heterocycles. The van der Waals surface area contributed by atoms with Crippen molar-refractivity contribution in [3.8, 4) is 0 Å². The highest BCUT2D eigenvalue weighted by atomic mass is 31.2. The molecule has 148 valence electrons. The van der Waals surface area contributed by atoms with Crippen molar-refractivity contribution in [3.63, 3.8) is 0 Å². The summed E-state index contributed by atoms with van der Waals surface area (Å²) in [6, 6.07) is 0. The molecule has 13 heteroatoms. The fourth-order valence-corrected chi connectivity index (χ4v) is 3.62. The summed E-state index contributed by atoms with van der Waals surface area (Å²) in [6.45, 7) is 2.15.